The predicted molar refractivity (Wildman–Crippen MR) is 119 cm³/mol. The van der Waals surface area contributed by atoms with Gasteiger partial charge in [-0.05, 0) is 41.5 Å². The van der Waals surface area contributed by atoms with Crippen molar-refractivity contribution in [2.24, 2.45) is 0 Å². The van der Waals surface area contributed by atoms with Crippen LogP contribution < -0.4 is 10.1 Å². The van der Waals surface area contributed by atoms with Gasteiger partial charge in [0.05, 0.1) is 0 Å². The Hall–Kier alpha value is -2.24. The highest BCUT2D eigenvalue weighted by Gasteiger charge is 2.18. The average Bonchev–Trinajstić information content (AvgIpc) is 2.73. The first-order valence-electron chi connectivity index (χ1n) is 9.52. The minimum atomic E-state index is -0.554. The molecule has 0 aromatic heterocycles. The third kappa shape index (κ3) is 5.87. The van der Waals surface area contributed by atoms with Crippen LogP contribution in [0.4, 0.5) is 4.39 Å². The van der Waals surface area contributed by atoms with Gasteiger partial charge >= 0.3 is 0 Å². The van der Waals surface area contributed by atoms with E-state index in [1.807, 2.05) is 49.4 Å². The number of benzene rings is 3. The van der Waals surface area contributed by atoms with Gasteiger partial charge in [0.15, 0.2) is 6.10 Å². The largest absolute Gasteiger partial charge is 0.481 e. The fourth-order valence-electron chi connectivity index (χ4n) is 2.93. The molecule has 29 heavy (non-hydrogen) atoms. The maximum atomic E-state index is 13.8. The van der Waals surface area contributed by atoms with Crippen LogP contribution in [0.25, 0.3) is 10.8 Å². The molecule has 3 nitrogen and oxygen atoms in total. The van der Waals surface area contributed by atoms with Gasteiger partial charge in [0.2, 0.25) is 0 Å². The summed E-state index contributed by atoms with van der Waals surface area (Å²) in [6.45, 7) is 2.40. The number of fused-ring (bicyclic) bond motifs is 1. The Morgan fingerprint density at radius 1 is 1.14 bits per heavy atom. The predicted octanol–water partition coefficient (Wildman–Crippen LogP) is 5.84. The maximum absolute atomic E-state index is 13.8. The van der Waals surface area contributed by atoms with Crippen LogP contribution in [0.3, 0.4) is 0 Å². The standard InChI is InChI=1S/C23H23ClFNO2S/c1-2-22(28-18-11-10-16-6-3-4-7-17(16)14-18)23(27)26-12-13-29-15-19-20(24)8-5-9-21(19)25/h3-11,14,22H,2,12-13,15H2,1H3,(H,26,27)/t22-/m1/s1. The second-order valence-electron chi connectivity index (χ2n) is 6.57. The first-order chi connectivity index (χ1) is 14.1. The van der Waals surface area contributed by atoms with Crippen molar-refractivity contribution in [2.45, 2.75) is 25.2 Å². The van der Waals surface area contributed by atoms with Gasteiger partial charge in [0, 0.05) is 28.6 Å². The van der Waals surface area contributed by atoms with E-state index in [9.17, 15) is 9.18 Å². The first-order valence-corrected chi connectivity index (χ1v) is 11.1. The van der Waals surface area contributed by atoms with Crippen LogP contribution in [0.1, 0.15) is 18.9 Å². The topological polar surface area (TPSA) is 38.3 Å². The van der Waals surface area contributed by atoms with Gasteiger partial charge in [-0.25, -0.2) is 4.39 Å². The number of carbonyl (C=O) groups is 1. The number of nitrogens with one attached hydrogen (secondary N) is 1. The molecule has 1 atom stereocenters. The van der Waals surface area contributed by atoms with Gasteiger partial charge in [-0.1, -0.05) is 54.9 Å². The summed E-state index contributed by atoms with van der Waals surface area (Å²) in [6.07, 6.45) is 0.0126. The number of rotatable bonds is 9. The van der Waals surface area contributed by atoms with Gasteiger partial charge in [-0.15, -0.1) is 0 Å². The highest BCUT2D eigenvalue weighted by atomic mass is 35.5. The van der Waals surface area contributed by atoms with Crippen molar-refractivity contribution in [1.82, 2.24) is 5.32 Å². The zero-order chi connectivity index (χ0) is 20.6. The van der Waals surface area contributed by atoms with Crippen LogP contribution in [-0.4, -0.2) is 24.3 Å². The number of hydrogen-bond donors (Lipinski definition) is 1. The van der Waals surface area contributed by atoms with Crippen LogP contribution in [0, 0.1) is 5.82 Å². The summed E-state index contributed by atoms with van der Waals surface area (Å²) in [5.41, 5.74) is 0.497. The SMILES string of the molecule is CC[C@@H](Oc1ccc2ccccc2c1)C(=O)NCCSCc1c(F)cccc1Cl. The number of hydrogen-bond acceptors (Lipinski definition) is 3. The van der Waals surface area contributed by atoms with Crippen molar-refractivity contribution in [2.75, 3.05) is 12.3 Å². The Labute approximate surface area is 179 Å². The third-order valence-electron chi connectivity index (χ3n) is 4.52. The molecule has 3 rings (SSSR count). The van der Waals surface area contributed by atoms with E-state index in [0.29, 0.717) is 40.8 Å². The lowest BCUT2D eigenvalue weighted by atomic mass is 10.1. The fourth-order valence-corrected chi connectivity index (χ4v) is 4.13. The third-order valence-corrected chi connectivity index (χ3v) is 5.86. The van der Waals surface area contributed by atoms with Crippen molar-refractivity contribution in [3.63, 3.8) is 0 Å². The lowest BCUT2D eigenvalue weighted by Gasteiger charge is -2.17. The van der Waals surface area contributed by atoms with Gasteiger partial charge in [-0.2, -0.15) is 11.8 Å². The summed E-state index contributed by atoms with van der Waals surface area (Å²) in [7, 11) is 0. The van der Waals surface area contributed by atoms with Gasteiger partial charge in [0.25, 0.3) is 5.91 Å². The molecule has 3 aromatic carbocycles. The molecule has 0 radical (unpaired) electrons. The maximum Gasteiger partial charge on any atom is 0.261 e. The summed E-state index contributed by atoms with van der Waals surface area (Å²) in [5.74, 6) is 1.35. The highest BCUT2D eigenvalue weighted by molar-refractivity contribution is 7.98. The molecule has 0 aliphatic heterocycles. The number of carbonyl (C=O) groups excluding carboxylic acids is 1. The van der Waals surface area contributed by atoms with Crippen molar-refractivity contribution < 1.29 is 13.9 Å². The van der Waals surface area contributed by atoms with Crippen molar-refractivity contribution >= 4 is 40.0 Å². The normalized spacial score (nSPS) is 12.0. The molecule has 3 aromatic rings. The highest BCUT2D eigenvalue weighted by Crippen LogP contribution is 2.24. The van der Waals surface area contributed by atoms with Crippen LogP contribution in [0.15, 0.2) is 60.7 Å². The molecule has 152 valence electrons. The monoisotopic (exact) mass is 431 g/mol. The molecule has 0 bridgehead atoms. The number of amides is 1. The molecule has 0 saturated carbocycles. The number of ether oxygens (including phenoxy) is 1. The van der Waals surface area contributed by atoms with Gasteiger partial charge in [-0.3, -0.25) is 4.79 Å². The van der Waals surface area contributed by atoms with E-state index in [1.54, 1.807) is 12.1 Å². The van der Waals surface area contributed by atoms with E-state index < -0.39 is 6.10 Å². The van der Waals surface area contributed by atoms with Crippen LogP contribution in [0.5, 0.6) is 5.75 Å². The summed E-state index contributed by atoms with van der Waals surface area (Å²) in [4.78, 5) is 12.5. The molecule has 0 fully saturated rings. The molecular formula is C23H23ClFNO2S. The quantitative estimate of drug-likeness (QED) is 0.432. The van der Waals surface area contributed by atoms with Crippen molar-refractivity contribution in [3.8, 4) is 5.75 Å². The zero-order valence-corrected chi connectivity index (χ0v) is 17.7. The van der Waals surface area contributed by atoms with Gasteiger partial charge < -0.3 is 10.1 Å². The molecule has 1 amide bonds. The molecule has 0 heterocycles. The molecule has 0 aliphatic rings. The zero-order valence-electron chi connectivity index (χ0n) is 16.2. The van der Waals surface area contributed by atoms with Crippen LogP contribution in [0.2, 0.25) is 5.02 Å². The fraction of sp³-hybridized carbons (Fsp3) is 0.261. The van der Waals surface area contributed by atoms with Crippen LogP contribution in [-0.2, 0) is 10.5 Å². The smallest absolute Gasteiger partial charge is 0.261 e. The Morgan fingerprint density at radius 2 is 1.93 bits per heavy atom. The van der Waals surface area contributed by atoms with E-state index in [1.165, 1.54) is 17.8 Å². The van der Waals surface area contributed by atoms with E-state index in [0.717, 1.165) is 10.8 Å². The molecule has 0 saturated heterocycles. The van der Waals surface area contributed by atoms with Gasteiger partial charge in [0.1, 0.15) is 11.6 Å². The number of halogens is 2. The lowest BCUT2D eigenvalue weighted by molar-refractivity contribution is -0.127. The average molecular weight is 432 g/mol. The first kappa shape index (κ1) is 21.5. The lowest BCUT2D eigenvalue weighted by Crippen LogP contribution is -2.39. The van der Waals surface area contributed by atoms with Crippen molar-refractivity contribution in [1.29, 1.82) is 0 Å². The van der Waals surface area contributed by atoms with E-state index in [-0.39, 0.29) is 11.7 Å². The summed E-state index contributed by atoms with van der Waals surface area (Å²) >= 11 is 7.55. The number of thioether (sulfide) groups is 1. The Kier molecular flexibility index (Phi) is 7.78. The van der Waals surface area contributed by atoms with E-state index in [2.05, 4.69) is 5.32 Å². The minimum absolute atomic E-state index is 0.148. The minimum Gasteiger partial charge on any atom is -0.481 e. The molecule has 0 spiro atoms. The second kappa shape index (κ2) is 10.5. The summed E-state index contributed by atoms with van der Waals surface area (Å²) in [5, 5.41) is 5.52. The van der Waals surface area contributed by atoms with E-state index >= 15 is 0 Å². The van der Waals surface area contributed by atoms with Crippen molar-refractivity contribution in [3.05, 3.63) is 77.1 Å². The molecule has 6 heteroatoms. The summed E-state index contributed by atoms with van der Waals surface area (Å²) < 4.78 is 19.7. The molecule has 1 N–H and O–H groups in total. The second-order valence-corrected chi connectivity index (χ2v) is 8.08. The van der Waals surface area contributed by atoms with E-state index in [4.69, 9.17) is 16.3 Å². The Balaban J connectivity index is 1.47. The van der Waals surface area contributed by atoms with Crippen LogP contribution >= 0.6 is 23.4 Å². The Morgan fingerprint density at radius 3 is 2.69 bits per heavy atom. The molecule has 0 unspecified atom stereocenters. The summed E-state index contributed by atoms with van der Waals surface area (Å²) in [6, 6.07) is 18.5. The molecule has 0 aliphatic carbocycles. The molecular weight excluding hydrogens is 409 g/mol. The Bertz CT molecular complexity index is 962.